The SMILES string of the molecule is CCOc1nc2ccccc2nc1NC1CCCN(C(=O)OC(C)(C)C)C1. The highest BCUT2D eigenvalue weighted by atomic mass is 16.6. The van der Waals surface area contributed by atoms with Crippen molar-refractivity contribution < 1.29 is 14.3 Å². The summed E-state index contributed by atoms with van der Waals surface area (Å²) < 4.78 is 11.2. The third-order valence-corrected chi connectivity index (χ3v) is 4.23. The van der Waals surface area contributed by atoms with Gasteiger partial charge in [-0.3, -0.25) is 0 Å². The van der Waals surface area contributed by atoms with Crippen molar-refractivity contribution >= 4 is 22.9 Å². The number of carbonyl (C=O) groups excluding carboxylic acids is 1. The van der Waals surface area contributed by atoms with Gasteiger partial charge in [-0.15, -0.1) is 0 Å². The van der Waals surface area contributed by atoms with Gasteiger partial charge in [-0.05, 0) is 52.7 Å². The third-order valence-electron chi connectivity index (χ3n) is 4.23. The van der Waals surface area contributed by atoms with E-state index in [0.717, 1.165) is 23.9 Å². The van der Waals surface area contributed by atoms with Crippen molar-refractivity contribution in [3.63, 3.8) is 0 Å². The molecule has 27 heavy (non-hydrogen) atoms. The van der Waals surface area contributed by atoms with E-state index in [-0.39, 0.29) is 12.1 Å². The molecule has 0 aliphatic carbocycles. The molecule has 0 radical (unpaired) electrons. The minimum absolute atomic E-state index is 0.0703. The van der Waals surface area contributed by atoms with Gasteiger partial charge < -0.3 is 19.7 Å². The molecule has 3 rings (SSSR count). The van der Waals surface area contributed by atoms with Gasteiger partial charge in [-0.25, -0.2) is 14.8 Å². The van der Waals surface area contributed by atoms with E-state index in [4.69, 9.17) is 9.47 Å². The smallest absolute Gasteiger partial charge is 0.410 e. The van der Waals surface area contributed by atoms with Crippen LogP contribution in [0.2, 0.25) is 0 Å². The first-order chi connectivity index (χ1) is 12.9. The van der Waals surface area contributed by atoms with E-state index in [2.05, 4.69) is 15.3 Å². The van der Waals surface area contributed by atoms with Crippen molar-refractivity contribution in [1.82, 2.24) is 14.9 Å². The molecule has 1 aliphatic heterocycles. The number of carbonyl (C=O) groups is 1. The summed E-state index contributed by atoms with van der Waals surface area (Å²) in [6.07, 6.45) is 1.57. The molecule has 2 heterocycles. The summed E-state index contributed by atoms with van der Waals surface area (Å²) in [4.78, 5) is 23.4. The van der Waals surface area contributed by atoms with Crippen LogP contribution in [-0.2, 0) is 4.74 Å². The lowest BCUT2D eigenvalue weighted by atomic mass is 10.1. The molecular weight excluding hydrogens is 344 g/mol. The highest BCUT2D eigenvalue weighted by molar-refractivity contribution is 5.77. The van der Waals surface area contributed by atoms with Gasteiger partial charge in [0.25, 0.3) is 5.88 Å². The highest BCUT2D eigenvalue weighted by Crippen LogP contribution is 2.26. The summed E-state index contributed by atoms with van der Waals surface area (Å²) in [6, 6.07) is 7.78. The van der Waals surface area contributed by atoms with Crippen molar-refractivity contribution in [2.24, 2.45) is 0 Å². The number of nitrogens with zero attached hydrogens (tertiary/aromatic N) is 3. The van der Waals surface area contributed by atoms with Gasteiger partial charge in [-0.2, -0.15) is 0 Å². The summed E-state index contributed by atoms with van der Waals surface area (Å²) in [7, 11) is 0. The number of benzene rings is 1. The number of nitrogens with one attached hydrogen (secondary N) is 1. The molecule has 1 amide bonds. The number of likely N-dealkylation sites (tertiary alicyclic amines) is 1. The summed E-state index contributed by atoms with van der Waals surface area (Å²) in [5, 5.41) is 3.43. The van der Waals surface area contributed by atoms with Gasteiger partial charge in [0.2, 0.25) is 0 Å². The number of piperidine rings is 1. The number of hydrogen-bond acceptors (Lipinski definition) is 6. The molecule has 1 atom stereocenters. The Balaban J connectivity index is 1.75. The first-order valence-electron chi connectivity index (χ1n) is 9.50. The molecule has 1 saturated heterocycles. The quantitative estimate of drug-likeness (QED) is 0.879. The largest absolute Gasteiger partial charge is 0.475 e. The molecule has 146 valence electrons. The van der Waals surface area contributed by atoms with Crippen molar-refractivity contribution in [3.05, 3.63) is 24.3 Å². The Morgan fingerprint density at radius 3 is 2.63 bits per heavy atom. The Bertz CT molecular complexity index is 803. The molecular formula is C20H28N4O3. The predicted molar refractivity (Wildman–Crippen MR) is 105 cm³/mol. The summed E-state index contributed by atoms with van der Waals surface area (Å²) in [6.45, 7) is 9.34. The second kappa shape index (κ2) is 7.98. The molecule has 0 spiro atoms. The van der Waals surface area contributed by atoms with Crippen LogP contribution in [0.1, 0.15) is 40.5 Å². The van der Waals surface area contributed by atoms with Gasteiger partial charge in [0.05, 0.1) is 17.6 Å². The van der Waals surface area contributed by atoms with Gasteiger partial charge in [0.15, 0.2) is 5.82 Å². The van der Waals surface area contributed by atoms with Crippen LogP contribution < -0.4 is 10.1 Å². The number of anilines is 1. The van der Waals surface area contributed by atoms with E-state index in [0.29, 0.717) is 31.4 Å². The Hall–Kier alpha value is -2.57. The Kier molecular flexibility index (Phi) is 5.68. The Morgan fingerprint density at radius 1 is 1.26 bits per heavy atom. The fourth-order valence-electron chi connectivity index (χ4n) is 3.10. The number of rotatable bonds is 4. The van der Waals surface area contributed by atoms with Gasteiger partial charge in [-0.1, -0.05) is 12.1 Å². The van der Waals surface area contributed by atoms with Crippen LogP contribution in [0.3, 0.4) is 0 Å². The van der Waals surface area contributed by atoms with Crippen LogP contribution in [0.4, 0.5) is 10.6 Å². The molecule has 0 bridgehead atoms. The summed E-state index contributed by atoms with van der Waals surface area (Å²) in [5.74, 6) is 1.11. The zero-order valence-corrected chi connectivity index (χ0v) is 16.5. The van der Waals surface area contributed by atoms with E-state index in [1.807, 2.05) is 52.0 Å². The average Bonchev–Trinajstić information content (AvgIpc) is 2.61. The minimum atomic E-state index is -0.497. The number of ether oxygens (including phenoxy) is 2. The maximum atomic E-state index is 12.4. The van der Waals surface area contributed by atoms with Crippen LogP contribution in [0.5, 0.6) is 5.88 Å². The molecule has 2 aromatic rings. The highest BCUT2D eigenvalue weighted by Gasteiger charge is 2.28. The van der Waals surface area contributed by atoms with Crippen molar-refractivity contribution in [2.75, 3.05) is 25.0 Å². The maximum Gasteiger partial charge on any atom is 0.410 e. The topological polar surface area (TPSA) is 76.6 Å². The number of para-hydroxylation sites is 2. The third kappa shape index (κ3) is 4.99. The van der Waals surface area contributed by atoms with Crippen molar-refractivity contribution in [2.45, 2.75) is 52.2 Å². The molecule has 7 heteroatoms. The van der Waals surface area contributed by atoms with Crippen LogP contribution in [0, 0.1) is 0 Å². The molecule has 1 N–H and O–H groups in total. The number of hydrogen-bond donors (Lipinski definition) is 1. The lowest BCUT2D eigenvalue weighted by Gasteiger charge is -2.34. The van der Waals surface area contributed by atoms with Gasteiger partial charge in [0.1, 0.15) is 5.60 Å². The molecule has 1 fully saturated rings. The van der Waals surface area contributed by atoms with Gasteiger partial charge >= 0.3 is 6.09 Å². The van der Waals surface area contributed by atoms with E-state index in [1.54, 1.807) is 4.90 Å². The maximum absolute atomic E-state index is 12.4. The number of amides is 1. The molecule has 1 unspecified atom stereocenters. The standard InChI is InChI=1S/C20H28N4O3/c1-5-26-18-17(22-15-10-6-7-11-16(15)23-18)21-14-9-8-12-24(13-14)19(25)27-20(2,3)4/h6-7,10-11,14H,5,8-9,12-13H2,1-4H3,(H,21,22). The van der Waals surface area contributed by atoms with Gasteiger partial charge in [0, 0.05) is 19.1 Å². The molecule has 1 aromatic carbocycles. The zero-order chi connectivity index (χ0) is 19.4. The van der Waals surface area contributed by atoms with Crippen LogP contribution in [-0.4, -0.2) is 52.3 Å². The zero-order valence-electron chi connectivity index (χ0n) is 16.5. The van der Waals surface area contributed by atoms with Crippen molar-refractivity contribution in [1.29, 1.82) is 0 Å². The van der Waals surface area contributed by atoms with E-state index in [9.17, 15) is 4.79 Å². The average molecular weight is 372 g/mol. The monoisotopic (exact) mass is 372 g/mol. The first-order valence-corrected chi connectivity index (χ1v) is 9.50. The lowest BCUT2D eigenvalue weighted by molar-refractivity contribution is 0.0206. The minimum Gasteiger partial charge on any atom is -0.475 e. The Morgan fingerprint density at radius 2 is 1.96 bits per heavy atom. The summed E-state index contributed by atoms with van der Waals surface area (Å²) >= 11 is 0. The second-order valence-corrected chi connectivity index (χ2v) is 7.71. The number of fused-ring (bicyclic) bond motifs is 1. The molecule has 7 nitrogen and oxygen atoms in total. The molecule has 1 aromatic heterocycles. The first kappa shape index (κ1) is 19.2. The fraction of sp³-hybridized carbons (Fsp3) is 0.550. The molecule has 1 aliphatic rings. The molecule has 0 saturated carbocycles. The Labute approximate surface area is 160 Å². The number of aromatic nitrogens is 2. The predicted octanol–water partition coefficient (Wildman–Crippen LogP) is 3.84. The van der Waals surface area contributed by atoms with E-state index in [1.165, 1.54) is 0 Å². The van der Waals surface area contributed by atoms with Crippen LogP contribution in [0.15, 0.2) is 24.3 Å². The van der Waals surface area contributed by atoms with E-state index >= 15 is 0 Å². The van der Waals surface area contributed by atoms with E-state index < -0.39 is 5.60 Å². The normalized spacial score (nSPS) is 17.6. The lowest BCUT2D eigenvalue weighted by Crippen LogP contribution is -2.47. The van der Waals surface area contributed by atoms with Crippen LogP contribution >= 0.6 is 0 Å². The second-order valence-electron chi connectivity index (χ2n) is 7.71. The fourth-order valence-corrected chi connectivity index (χ4v) is 3.10. The van der Waals surface area contributed by atoms with Crippen molar-refractivity contribution in [3.8, 4) is 5.88 Å². The van der Waals surface area contributed by atoms with Crippen LogP contribution in [0.25, 0.3) is 11.0 Å². The summed E-state index contributed by atoms with van der Waals surface area (Å²) in [5.41, 5.74) is 1.11.